The Balaban J connectivity index is 2.09. The molecule has 0 aromatic carbocycles. The first-order chi connectivity index (χ1) is 7.11. The van der Waals surface area contributed by atoms with Gasteiger partial charge in [-0.2, -0.15) is 0 Å². The number of carbonyl (C=O) groups is 2. The first-order valence-electron chi connectivity index (χ1n) is 4.95. The molecule has 3 heterocycles. The van der Waals surface area contributed by atoms with Gasteiger partial charge in [-0.15, -0.1) is 0 Å². The van der Waals surface area contributed by atoms with Crippen LogP contribution in [0.5, 0.6) is 0 Å². The van der Waals surface area contributed by atoms with Gasteiger partial charge in [-0.1, -0.05) is 18.7 Å². The van der Waals surface area contributed by atoms with E-state index < -0.39 is 0 Å². The minimum atomic E-state index is -0.352. The summed E-state index contributed by atoms with van der Waals surface area (Å²) < 4.78 is 5.61. The molecule has 78 valence electrons. The number of imide groups is 1. The highest BCUT2D eigenvalue weighted by molar-refractivity contribution is 6.06. The molecule has 0 aromatic rings. The molecular formula is C11H11NO3. The summed E-state index contributed by atoms with van der Waals surface area (Å²) in [7, 11) is 1.53. The van der Waals surface area contributed by atoms with Crippen LogP contribution < -0.4 is 0 Å². The predicted molar refractivity (Wildman–Crippen MR) is 51.7 cm³/mol. The van der Waals surface area contributed by atoms with Crippen LogP contribution in [0, 0.1) is 11.8 Å². The Hall–Kier alpha value is -1.42. The average molecular weight is 205 g/mol. The van der Waals surface area contributed by atoms with Gasteiger partial charge in [0.2, 0.25) is 11.8 Å². The third-order valence-corrected chi connectivity index (χ3v) is 3.47. The van der Waals surface area contributed by atoms with Gasteiger partial charge in [-0.25, -0.2) is 0 Å². The summed E-state index contributed by atoms with van der Waals surface area (Å²) >= 11 is 0. The second-order valence-corrected chi connectivity index (χ2v) is 4.24. The number of nitrogens with zero attached hydrogens (tertiary/aromatic N) is 1. The Morgan fingerprint density at radius 3 is 2.73 bits per heavy atom. The molecule has 0 aliphatic carbocycles. The van der Waals surface area contributed by atoms with Gasteiger partial charge in [0.25, 0.3) is 0 Å². The van der Waals surface area contributed by atoms with Gasteiger partial charge in [0.05, 0.1) is 24.0 Å². The first-order valence-corrected chi connectivity index (χ1v) is 4.95. The van der Waals surface area contributed by atoms with Crippen molar-refractivity contribution in [2.45, 2.75) is 12.2 Å². The fourth-order valence-electron chi connectivity index (χ4n) is 2.66. The molecule has 2 amide bonds. The quantitative estimate of drug-likeness (QED) is 0.527. The van der Waals surface area contributed by atoms with Crippen LogP contribution in [0.25, 0.3) is 0 Å². The Labute approximate surface area is 87.2 Å². The summed E-state index contributed by atoms with van der Waals surface area (Å²) in [5.41, 5.74) is 0.787. The third-order valence-electron chi connectivity index (χ3n) is 3.47. The molecule has 2 fully saturated rings. The molecule has 3 rings (SSSR count). The summed E-state index contributed by atoms with van der Waals surface area (Å²) in [6.07, 6.45) is 3.14. The molecule has 2 saturated heterocycles. The Morgan fingerprint density at radius 1 is 1.33 bits per heavy atom. The van der Waals surface area contributed by atoms with Gasteiger partial charge in [0.15, 0.2) is 0 Å². The fourth-order valence-corrected chi connectivity index (χ4v) is 2.66. The minimum Gasteiger partial charge on any atom is -0.365 e. The van der Waals surface area contributed by atoms with Gasteiger partial charge in [0, 0.05) is 7.05 Å². The van der Waals surface area contributed by atoms with E-state index in [0.29, 0.717) is 0 Å². The zero-order chi connectivity index (χ0) is 10.7. The number of fused-ring (bicyclic) bond motifs is 5. The molecule has 3 aliphatic rings. The summed E-state index contributed by atoms with van der Waals surface area (Å²) in [6.45, 7) is 3.84. The van der Waals surface area contributed by atoms with Gasteiger partial charge in [0.1, 0.15) is 0 Å². The van der Waals surface area contributed by atoms with Gasteiger partial charge in [-0.3, -0.25) is 14.5 Å². The van der Waals surface area contributed by atoms with Crippen LogP contribution in [-0.2, 0) is 14.3 Å². The van der Waals surface area contributed by atoms with Crippen LogP contribution in [0.2, 0.25) is 0 Å². The van der Waals surface area contributed by atoms with Crippen LogP contribution in [-0.4, -0.2) is 36.0 Å². The number of rotatable bonds is 0. The number of hydrogen-bond acceptors (Lipinski definition) is 3. The van der Waals surface area contributed by atoms with Crippen LogP contribution in [0.1, 0.15) is 0 Å². The van der Waals surface area contributed by atoms with E-state index in [1.807, 2.05) is 12.2 Å². The predicted octanol–water partition coefficient (Wildman–Crippen LogP) is 0.111. The maximum absolute atomic E-state index is 11.8. The standard InChI is InChI=1S/C11H11NO3/c1-5-3-4-6-7-8(9(5)15-6)11(14)12(2)10(7)13/h3-4,6-9H,1H2,2H3/t6-,7-,8-,9+/m0/s1. The van der Waals surface area contributed by atoms with E-state index in [1.165, 1.54) is 11.9 Å². The molecule has 0 unspecified atom stereocenters. The summed E-state index contributed by atoms with van der Waals surface area (Å²) in [5, 5.41) is 0. The molecule has 3 aliphatic heterocycles. The smallest absolute Gasteiger partial charge is 0.235 e. The molecule has 15 heavy (non-hydrogen) atoms. The molecule has 2 bridgehead atoms. The van der Waals surface area contributed by atoms with Crippen LogP contribution in [0.4, 0.5) is 0 Å². The Kier molecular flexibility index (Phi) is 1.52. The SMILES string of the molecule is C=C1C=C[C@@H]2O[C@H]1[C@H]1C(=O)N(C)C(=O)[C@H]12. The topological polar surface area (TPSA) is 46.6 Å². The fraction of sp³-hybridized carbons (Fsp3) is 0.455. The minimum absolute atomic E-state index is 0.128. The molecule has 0 aromatic heterocycles. The van der Waals surface area contributed by atoms with Crippen molar-refractivity contribution < 1.29 is 14.3 Å². The molecule has 4 nitrogen and oxygen atoms in total. The Bertz CT molecular complexity index is 412. The number of likely N-dealkylation sites (tertiary alicyclic amines) is 1. The molecule has 0 saturated carbocycles. The second kappa shape index (κ2) is 2.58. The van der Waals surface area contributed by atoms with E-state index in [0.717, 1.165) is 5.57 Å². The lowest BCUT2D eigenvalue weighted by Crippen LogP contribution is -2.33. The monoisotopic (exact) mass is 205 g/mol. The third kappa shape index (κ3) is 0.899. The molecule has 0 radical (unpaired) electrons. The van der Waals surface area contributed by atoms with Crippen molar-refractivity contribution in [3.05, 3.63) is 24.3 Å². The van der Waals surface area contributed by atoms with E-state index in [4.69, 9.17) is 4.74 Å². The highest BCUT2D eigenvalue weighted by Crippen LogP contribution is 2.45. The maximum atomic E-state index is 11.8. The molecule has 4 atom stereocenters. The van der Waals surface area contributed by atoms with Crippen molar-refractivity contribution in [1.29, 1.82) is 0 Å². The molecule has 4 heteroatoms. The van der Waals surface area contributed by atoms with Gasteiger partial charge >= 0.3 is 0 Å². The number of amides is 2. The van der Waals surface area contributed by atoms with E-state index >= 15 is 0 Å². The lowest BCUT2D eigenvalue weighted by molar-refractivity contribution is -0.141. The normalized spacial score (nSPS) is 42.7. The molecule has 0 N–H and O–H groups in total. The van der Waals surface area contributed by atoms with Crippen molar-refractivity contribution in [3.8, 4) is 0 Å². The van der Waals surface area contributed by atoms with Gasteiger partial charge in [-0.05, 0) is 5.57 Å². The van der Waals surface area contributed by atoms with Crippen molar-refractivity contribution in [2.75, 3.05) is 7.05 Å². The molecular weight excluding hydrogens is 194 g/mol. The maximum Gasteiger partial charge on any atom is 0.235 e. The average Bonchev–Trinajstić information content (AvgIpc) is 2.65. The van der Waals surface area contributed by atoms with E-state index in [9.17, 15) is 9.59 Å². The largest absolute Gasteiger partial charge is 0.365 e. The van der Waals surface area contributed by atoms with Crippen LogP contribution in [0.15, 0.2) is 24.3 Å². The summed E-state index contributed by atoms with van der Waals surface area (Å²) in [6, 6.07) is 0. The van der Waals surface area contributed by atoms with Crippen molar-refractivity contribution >= 4 is 11.8 Å². The highest BCUT2D eigenvalue weighted by atomic mass is 16.5. The first kappa shape index (κ1) is 8.85. The number of carbonyl (C=O) groups excluding carboxylic acids is 2. The lowest BCUT2D eigenvalue weighted by Gasteiger charge is -2.21. The van der Waals surface area contributed by atoms with E-state index in [-0.39, 0.29) is 35.9 Å². The lowest BCUT2D eigenvalue weighted by atomic mass is 9.89. The van der Waals surface area contributed by atoms with Gasteiger partial charge < -0.3 is 4.74 Å². The number of ether oxygens (including phenoxy) is 1. The Morgan fingerprint density at radius 2 is 2.00 bits per heavy atom. The zero-order valence-corrected chi connectivity index (χ0v) is 8.34. The van der Waals surface area contributed by atoms with Crippen molar-refractivity contribution in [3.63, 3.8) is 0 Å². The molecule has 0 spiro atoms. The highest BCUT2D eigenvalue weighted by Gasteiger charge is 2.59. The second-order valence-electron chi connectivity index (χ2n) is 4.24. The van der Waals surface area contributed by atoms with E-state index in [1.54, 1.807) is 0 Å². The van der Waals surface area contributed by atoms with Crippen molar-refractivity contribution in [1.82, 2.24) is 4.90 Å². The van der Waals surface area contributed by atoms with E-state index in [2.05, 4.69) is 6.58 Å². The number of hydrogen-bond donors (Lipinski definition) is 0. The van der Waals surface area contributed by atoms with Crippen LogP contribution >= 0.6 is 0 Å². The van der Waals surface area contributed by atoms with Crippen molar-refractivity contribution in [2.24, 2.45) is 11.8 Å². The summed E-state index contributed by atoms with van der Waals surface area (Å²) in [4.78, 5) is 24.9. The zero-order valence-electron chi connectivity index (χ0n) is 8.34. The van der Waals surface area contributed by atoms with Crippen LogP contribution in [0.3, 0.4) is 0 Å². The summed E-state index contributed by atoms with van der Waals surface area (Å²) in [5.74, 6) is -0.947.